The minimum atomic E-state index is -0.831. The highest BCUT2D eigenvalue weighted by Gasteiger charge is 2.41. The summed E-state index contributed by atoms with van der Waals surface area (Å²) in [5.41, 5.74) is 8.22. The number of carbonyl (C=O) groups is 1. The second-order valence-electron chi connectivity index (χ2n) is 8.70. The lowest BCUT2D eigenvalue weighted by atomic mass is 9.85. The summed E-state index contributed by atoms with van der Waals surface area (Å²) in [5, 5.41) is 0.589. The number of nitrogens with zero attached hydrogens (tertiary/aromatic N) is 2. The van der Waals surface area contributed by atoms with Gasteiger partial charge in [-0.3, -0.25) is 9.69 Å². The van der Waals surface area contributed by atoms with Crippen molar-refractivity contribution in [1.29, 1.82) is 0 Å². The summed E-state index contributed by atoms with van der Waals surface area (Å²) in [6.07, 6.45) is 2.32. The Labute approximate surface area is 199 Å². The number of amides is 1. The zero-order valence-corrected chi connectivity index (χ0v) is 20.0. The van der Waals surface area contributed by atoms with E-state index >= 15 is 0 Å². The van der Waals surface area contributed by atoms with E-state index in [2.05, 4.69) is 0 Å². The largest absolute Gasteiger partial charge is 0.497 e. The second kappa shape index (κ2) is 9.61. The van der Waals surface area contributed by atoms with Gasteiger partial charge in [0.05, 0.1) is 26.2 Å². The Balaban J connectivity index is 1.64. The number of hydrogen-bond acceptors (Lipinski definition) is 6. The molecule has 33 heavy (non-hydrogen) atoms. The number of benzene rings is 2. The fourth-order valence-corrected chi connectivity index (χ4v) is 5.06. The van der Waals surface area contributed by atoms with Gasteiger partial charge in [0.2, 0.25) is 5.91 Å². The zero-order valence-electron chi connectivity index (χ0n) is 19.3. The molecule has 1 amide bonds. The molecule has 0 radical (unpaired) electrons. The van der Waals surface area contributed by atoms with Gasteiger partial charge in [-0.15, -0.1) is 0 Å². The van der Waals surface area contributed by atoms with Gasteiger partial charge in [0.15, 0.2) is 5.96 Å². The Kier molecular flexibility index (Phi) is 6.81. The Morgan fingerprint density at radius 2 is 1.85 bits per heavy atom. The predicted octanol–water partition coefficient (Wildman–Crippen LogP) is 3.89. The Bertz CT molecular complexity index is 1050. The molecule has 0 saturated carbocycles. The van der Waals surface area contributed by atoms with E-state index in [1.807, 2.05) is 43.3 Å². The van der Waals surface area contributed by atoms with Crippen molar-refractivity contribution in [2.75, 3.05) is 27.4 Å². The van der Waals surface area contributed by atoms with E-state index in [0.29, 0.717) is 36.2 Å². The number of methoxy groups -OCH3 is 2. The maximum atomic E-state index is 13.2. The molecule has 2 aliphatic heterocycles. The molecule has 2 heterocycles. The monoisotopic (exact) mass is 471 g/mol. The van der Waals surface area contributed by atoms with Crippen LogP contribution in [-0.2, 0) is 21.5 Å². The van der Waals surface area contributed by atoms with Crippen LogP contribution in [0.5, 0.6) is 11.5 Å². The molecule has 0 spiro atoms. The molecule has 1 saturated heterocycles. The first-order valence-corrected chi connectivity index (χ1v) is 11.5. The highest BCUT2D eigenvalue weighted by atomic mass is 35.5. The first-order chi connectivity index (χ1) is 15.8. The third kappa shape index (κ3) is 4.80. The van der Waals surface area contributed by atoms with Crippen LogP contribution in [0.1, 0.15) is 42.9 Å². The lowest BCUT2D eigenvalue weighted by Crippen LogP contribution is -2.55. The van der Waals surface area contributed by atoms with Crippen molar-refractivity contribution < 1.29 is 19.0 Å². The van der Waals surface area contributed by atoms with E-state index < -0.39 is 5.54 Å². The fourth-order valence-electron chi connectivity index (χ4n) is 4.66. The molecule has 0 aliphatic carbocycles. The number of carbonyl (C=O) groups excluding carboxylic acids is 1. The fraction of sp³-hybridized carbons (Fsp3) is 0.440. The molecule has 1 atom stereocenters. The quantitative estimate of drug-likeness (QED) is 0.690. The number of guanidine groups is 1. The highest BCUT2D eigenvalue weighted by molar-refractivity contribution is 6.32. The molecule has 176 valence electrons. The maximum Gasteiger partial charge on any atom is 0.232 e. The van der Waals surface area contributed by atoms with Crippen LogP contribution in [0.3, 0.4) is 0 Å². The number of aliphatic imine (C=N–C) groups is 1. The molecule has 2 aliphatic rings. The standard InChI is InChI=1S/C25H30ClN3O4/c1-25(15-22(30)29(24(27)28-25)18-7-9-33-10-8-18)21-6-4-5-17(23(21)26)11-16-12-19(31-2)14-20(13-16)32-3/h4-6,12-14,18H,7-11,15H2,1-3H3,(H2,27,28)/t25-/m0/s1. The van der Waals surface area contributed by atoms with Gasteiger partial charge in [-0.1, -0.05) is 29.8 Å². The molecule has 2 aromatic carbocycles. The van der Waals surface area contributed by atoms with Crippen molar-refractivity contribution >= 4 is 23.5 Å². The number of nitrogens with two attached hydrogens (primary N) is 1. The van der Waals surface area contributed by atoms with Gasteiger partial charge in [0.1, 0.15) is 11.5 Å². The maximum absolute atomic E-state index is 13.2. The van der Waals surface area contributed by atoms with Crippen molar-refractivity contribution in [2.45, 2.75) is 44.2 Å². The molecule has 1 fully saturated rings. The molecule has 7 nitrogen and oxygen atoms in total. The summed E-state index contributed by atoms with van der Waals surface area (Å²) in [7, 11) is 3.25. The van der Waals surface area contributed by atoms with Gasteiger partial charge in [-0.2, -0.15) is 0 Å². The Morgan fingerprint density at radius 1 is 1.18 bits per heavy atom. The Hall–Kier alpha value is -2.77. The van der Waals surface area contributed by atoms with E-state index in [1.54, 1.807) is 19.1 Å². The first-order valence-electron chi connectivity index (χ1n) is 11.1. The molecular formula is C25H30ClN3O4. The minimum absolute atomic E-state index is 0.0316. The van der Waals surface area contributed by atoms with Crippen molar-refractivity contribution in [3.63, 3.8) is 0 Å². The second-order valence-corrected chi connectivity index (χ2v) is 9.08. The van der Waals surface area contributed by atoms with Crippen LogP contribution in [0.4, 0.5) is 0 Å². The van der Waals surface area contributed by atoms with E-state index in [0.717, 1.165) is 29.5 Å². The van der Waals surface area contributed by atoms with Gasteiger partial charge in [-0.25, -0.2) is 4.99 Å². The van der Waals surface area contributed by atoms with Crippen molar-refractivity contribution in [2.24, 2.45) is 10.7 Å². The van der Waals surface area contributed by atoms with Crippen molar-refractivity contribution in [1.82, 2.24) is 4.90 Å². The highest BCUT2D eigenvalue weighted by Crippen LogP contribution is 2.40. The van der Waals surface area contributed by atoms with E-state index in [-0.39, 0.29) is 24.3 Å². The van der Waals surface area contributed by atoms with Crippen LogP contribution in [0.25, 0.3) is 0 Å². The molecule has 0 bridgehead atoms. The molecule has 8 heteroatoms. The van der Waals surface area contributed by atoms with E-state index in [4.69, 9.17) is 36.5 Å². The van der Waals surface area contributed by atoms with Crippen LogP contribution in [0.15, 0.2) is 41.4 Å². The summed E-state index contributed by atoms with van der Waals surface area (Å²) in [6, 6.07) is 11.6. The van der Waals surface area contributed by atoms with Gasteiger partial charge in [0.25, 0.3) is 0 Å². The summed E-state index contributed by atoms with van der Waals surface area (Å²) in [4.78, 5) is 19.6. The third-order valence-electron chi connectivity index (χ3n) is 6.39. The third-order valence-corrected chi connectivity index (χ3v) is 6.84. The molecule has 2 N–H and O–H groups in total. The van der Waals surface area contributed by atoms with Crippen LogP contribution >= 0.6 is 11.6 Å². The first kappa shape index (κ1) is 23.4. The number of ether oxygens (including phenoxy) is 3. The van der Waals surface area contributed by atoms with Gasteiger partial charge < -0.3 is 19.9 Å². The van der Waals surface area contributed by atoms with Crippen molar-refractivity contribution in [3.8, 4) is 11.5 Å². The zero-order chi connectivity index (χ0) is 23.6. The lowest BCUT2D eigenvalue weighted by molar-refractivity contribution is -0.132. The average molecular weight is 472 g/mol. The minimum Gasteiger partial charge on any atom is -0.497 e. The summed E-state index contributed by atoms with van der Waals surface area (Å²) in [6.45, 7) is 3.17. The topological polar surface area (TPSA) is 86.4 Å². The predicted molar refractivity (Wildman–Crippen MR) is 128 cm³/mol. The van der Waals surface area contributed by atoms with Crippen LogP contribution in [0.2, 0.25) is 5.02 Å². The van der Waals surface area contributed by atoms with Crippen LogP contribution in [0, 0.1) is 0 Å². The van der Waals surface area contributed by atoms with E-state index in [1.165, 1.54) is 0 Å². The number of hydrogen-bond donors (Lipinski definition) is 1. The average Bonchev–Trinajstić information content (AvgIpc) is 2.80. The number of halogens is 1. The van der Waals surface area contributed by atoms with Crippen LogP contribution < -0.4 is 15.2 Å². The normalized spacial score (nSPS) is 21.6. The molecule has 0 aromatic heterocycles. The summed E-state index contributed by atoms with van der Waals surface area (Å²) < 4.78 is 16.2. The molecular weight excluding hydrogens is 442 g/mol. The van der Waals surface area contributed by atoms with E-state index in [9.17, 15) is 4.79 Å². The SMILES string of the molecule is COc1cc(Cc2cccc([C@]3(C)CC(=O)N(C4CCOCC4)C(N)=N3)c2Cl)cc(OC)c1. The molecule has 0 unspecified atom stereocenters. The van der Waals surface area contributed by atoms with Gasteiger partial charge in [-0.05, 0) is 55.0 Å². The van der Waals surface area contributed by atoms with Crippen LogP contribution in [-0.4, -0.2) is 50.2 Å². The Morgan fingerprint density at radius 3 is 2.45 bits per heavy atom. The van der Waals surface area contributed by atoms with Gasteiger partial charge >= 0.3 is 0 Å². The van der Waals surface area contributed by atoms with Crippen molar-refractivity contribution in [3.05, 3.63) is 58.1 Å². The molecule has 2 aromatic rings. The number of rotatable bonds is 6. The summed E-state index contributed by atoms with van der Waals surface area (Å²) >= 11 is 6.90. The summed E-state index contributed by atoms with van der Waals surface area (Å²) in [5.74, 6) is 1.65. The molecule has 4 rings (SSSR count). The van der Waals surface area contributed by atoms with Gasteiger partial charge in [0, 0.05) is 30.3 Å². The smallest absolute Gasteiger partial charge is 0.232 e. The lowest BCUT2D eigenvalue weighted by Gasteiger charge is -2.40.